The van der Waals surface area contributed by atoms with E-state index in [-0.39, 0.29) is 0 Å². The Morgan fingerprint density at radius 3 is 2.85 bits per heavy atom. The zero-order valence-corrected chi connectivity index (χ0v) is 12.2. The van der Waals surface area contributed by atoms with Crippen LogP contribution in [0.1, 0.15) is 17.8 Å². The fraction of sp³-hybridized carbons (Fsp3) is 0.286. The van der Waals surface area contributed by atoms with E-state index in [0.717, 1.165) is 23.8 Å². The van der Waals surface area contributed by atoms with Gasteiger partial charge in [0.2, 0.25) is 0 Å². The lowest BCUT2D eigenvalue weighted by Crippen LogP contribution is -2.28. The maximum absolute atomic E-state index is 5.60. The zero-order chi connectivity index (χ0) is 14.4. The number of nitrogens with two attached hydrogens (primary N) is 1. The van der Waals surface area contributed by atoms with E-state index in [0.29, 0.717) is 18.0 Å². The van der Waals surface area contributed by atoms with Gasteiger partial charge in [-0.2, -0.15) is 0 Å². The Kier molecular flexibility index (Phi) is 4.95. The van der Waals surface area contributed by atoms with Crippen molar-refractivity contribution in [2.75, 3.05) is 11.4 Å². The van der Waals surface area contributed by atoms with Crippen LogP contribution in [0.3, 0.4) is 0 Å². The van der Waals surface area contributed by atoms with Crippen LogP contribution in [0.15, 0.2) is 36.8 Å². The molecule has 0 radical (unpaired) electrons. The lowest BCUT2D eigenvalue weighted by atomic mass is 10.2. The van der Waals surface area contributed by atoms with Gasteiger partial charge < -0.3 is 10.6 Å². The first kappa shape index (κ1) is 14.3. The number of aryl methyl sites for hydroxylation is 1. The van der Waals surface area contributed by atoms with Crippen molar-refractivity contribution in [2.24, 2.45) is 5.73 Å². The molecule has 20 heavy (non-hydrogen) atoms. The molecule has 0 saturated heterocycles. The first-order valence-corrected chi connectivity index (χ1v) is 6.78. The van der Waals surface area contributed by atoms with Gasteiger partial charge in [-0.1, -0.05) is 18.3 Å². The van der Waals surface area contributed by atoms with Crippen LogP contribution >= 0.6 is 12.2 Å². The van der Waals surface area contributed by atoms with Crippen LogP contribution in [0.25, 0.3) is 0 Å². The number of thiocarbonyl (C=S) groups is 1. The van der Waals surface area contributed by atoms with Crippen LogP contribution in [0, 0.1) is 6.92 Å². The lowest BCUT2D eigenvalue weighted by Gasteiger charge is -2.23. The van der Waals surface area contributed by atoms with Crippen molar-refractivity contribution in [1.82, 2.24) is 15.0 Å². The van der Waals surface area contributed by atoms with Gasteiger partial charge >= 0.3 is 0 Å². The monoisotopic (exact) mass is 287 g/mol. The molecule has 104 valence electrons. The van der Waals surface area contributed by atoms with Crippen LogP contribution in [-0.2, 0) is 6.54 Å². The van der Waals surface area contributed by atoms with Crippen molar-refractivity contribution in [1.29, 1.82) is 0 Å². The van der Waals surface area contributed by atoms with E-state index in [1.807, 2.05) is 31.3 Å². The van der Waals surface area contributed by atoms with Gasteiger partial charge in [0, 0.05) is 38.1 Å². The van der Waals surface area contributed by atoms with Gasteiger partial charge in [-0.05, 0) is 24.6 Å². The minimum Gasteiger partial charge on any atom is -0.393 e. The van der Waals surface area contributed by atoms with Crippen LogP contribution in [0.4, 0.5) is 5.82 Å². The fourth-order valence-corrected chi connectivity index (χ4v) is 1.94. The van der Waals surface area contributed by atoms with Gasteiger partial charge in [-0.25, -0.2) is 9.97 Å². The quantitative estimate of drug-likeness (QED) is 0.818. The first-order chi connectivity index (χ1) is 9.65. The Labute approximate surface area is 123 Å². The highest BCUT2D eigenvalue weighted by molar-refractivity contribution is 7.80. The van der Waals surface area contributed by atoms with Gasteiger partial charge in [0.05, 0.1) is 4.99 Å². The zero-order valence-electron chi connectivity index (χ0n) is 11.4. The molecule has 2 rings (SSSR count). The van der Waals surface area contributed by atoms with E-state index in [1.54, 1.807) is 12.4 Å². The number of rotatable bonds is 6. The minimum atomic E-state index is 0.506. The van der Waals surface area contributed by atoms with Crippen LogP contribution < -0.4 is 10.6 Å². The van der Waals surface area contributed by atoms with Crippen LogP contribution in [0.2, 0.25) is 0 Å². The van der Waals surface area contributed by atoms with E-state index in [9.17, 15) is 0 Å². The molecule has 0 aliphatic carbocycles. The summed E-state index contributed by atoms with van der Waals surface area (Å²) in [4.78, 5) is 15.4. The predicted octanol–water partition coefficient (Wildman–Crippen LogP) is 1.86. The van der Waals surface area contributed by atoms with Crippen molar-refractivity contribution in [3.05, 3.63) is 48.2 Å². The average Bonchev–Trinajstić information content (AvgIpc) is 2.44. The highest BCUT2D eigenvalue weighted by atomic mass is 32.1. The van der Waals surface area contributed by atoms with E-state index < -0.39 is 0 Å². The molecule has 2 heterocycles. The van der Waals surface area contributed by atoms with E-state index in [2.05, 4.69) is 19.9 Å². The number of nitrogens with zero attached hydrogens (tertiary/aromatic N) is 4. The van der Waals surface area contributed by atoms with Gasteiger partial charge in [0.25, 0.3) is 0 Å². The third-order valence-electron chi connectivity index (χ3n) is 2.81. The van der Waals surface area contributed by atoms with Gasteiger partial charge in [0.1, 0.15) is 11.6 Å². The largest absolute Gasteiger partial charge is 0.393 e. The van der Waals surface area contributed by atoms with Crippen LogP contribution in [0.5, 0.6) is 0 Å². The molecule has 0 aliphatic rings. The summed E-state index contributed by atoms with van der Waals surface area (Å²) in [5.74, 6) is 1.62. The Balaban J connectivity index is 2.18. The summed E-state index contributed by atoms with van der Waals surface area (Å²) in [5.41, 5.74) is 6.72. The Bertz CT molecular complexity index is 573. The number of pyridine rings is 1. The Morgan fingerprint density at radius 2 is 2.20 bits per heavy atom. The summed E-state index contributed by atoms with van der Waals surface area (Å²) in [5, 5.41) is 0. The topological polar surface area (TPSA) is 67.9 Å². The number of hydrogen-bond donors (Lipinski definition) is 1. The van der Waals surface area contributed by atoms with E-state index in [1.165, 1.54) is 0 Å². The SMILES string of the molecule is Cc1nccc(N(CCC(N)=S)Cc2cccnc2)n1. The summed E-state index contributed by atoms with van der Waals surface area (Å²) in [6, 6.07) is 5.85. The van der Waals surface area contributed by atoms with Gasteiger partial charge in [-0.3, -0.25) is 4.98 Å². The molecule has 0 bridgehead atoms. The molecule has 2 aromatic heterocycles. The van der Waals surface area contributed by atoms with Crippen molar-refractivity contribution in [3.8, 4) is 0 Å². The third-order valence-corrected chi connectivity index (χ3v) is 3.01. The Hall–Kier alpha value is -2.08. The average molecular weight is 287 g/mol. The normalized spacial score (nSPS) is 10.2. The second-order valence-corrected chi connectivity index (χ2v) is 4.99. The van der Waals surface area contributed by atoms with E-state index in [4.69, 9.17) is 18.0 Å². The molecule has 0 amide bonds. The number of anilines is 1. The summed E-state index contributed by atoms with van der Waals surface area (Å²) in [6.45, 7) is 3.31. The predicted molar refractivity (Wildman–Crippen MR) is 83.5 cm³/mol. The summed E-state index contributed by atoms with van der Waals surface area (Å²) in [7, 11) is 0. The molecule has 0 saturated carbocycles. The molecule has 0 fully saturated rings. The first-order valence-electron chi connectivity index (χ1n) is 6.37. The summed E-state index contributed by atoms with van der Waals surface area (Å²) < 4.78 is 0. The molecular weight excluding hydrogens is 270 g/mol. The summed E-state index contributed by atoms with van der Waals surface area (Å²) in [6.07, 6.45) is 6.02. The fourth-order valence-electron chi connectivity index (χ4n) is 1.85. The highest BCUT2D eigenvalue weighted by Gasteiger charge is 2.10. The molecule has 2 N–H and O–H groups in total. The third kappa shape index (κ3) is 4.24. The molecule has 0 spiro atoms. The Morgan fingerprint density at radius 1 is 1.35 bits per heavy atom. The second kappa shape index (κ2) is 6.91. The van der Waals surface area contributed by atoms with Crippen molar-refractivity contribution < 1.29 is 0 Å². The maximum Gasteiger partial charge on any atom is 0.132 e. The molecule has 5 nitrogen and oxygen atoms in total. The molecule has 2 aromatic rings. The van der Waals surface area contributed by atoms with Crippen molar-refractivity contribution in [3.63, 3.8) is 0 Å². The van der Waals surface area contributed by atoms with E-state index >= 15 is 0 Å². The van der Waals surface area contributed by atoms with Gasteiger partial charge in [0.15, 0.2) is 0 Å². The molecule has 0 aromatic carbocycles. The molecule has 6 heteroatoms. The van der Waals surface area contributed by atoms with Crippen LogP contribution in [-0.4, -0.2) is 26.5 Å². The number of hydrogen-bond acceptors (Lipinski definition) is 5. The standard InChI is InChI=1S/C14H17N5S/c1-11-17-7-4-14(18-11)19(8-5-13(15)20)10-12-3-2-6-16-9-12/h2-4,6-7,9H,5,8,10H2,1H3,(H2,15,20). The number of aromatic nitrogens is 3. The van der Waals surface area contributed by atoms with Crippen molar-refractivity contribution >= 4 is 23.0 Å². The molecule has 0 unspecified atom stereocenters. The minimum absolute atomic E-state index is 0.506. The molecular formula is C14H17N5S. The second-order valence-electron chi connectivity index (χ2n) is 4.46. The highest BCUT2D eigenvalue weighted by Crippen LogP contribution is 2.14. The van der Waals surface area contributed by atoms with Gasteiger partial charge in [-0.15, -0.1) is 0 Å². The maximum atomic E-state index is 5.60. The smallest absolute Gasteiger partial charge is 0.132 e. The lowest BCUT2D eigenvalue weighted by molar-refractivity contribution is 0.780. The molecule has 0 atom stereocenters. The van der Waals surface area contributed by atoms with Crippen molar-refractivity contribution in [2.45, 2.75) is 19.9 Å². The molecule has 0 aliphatic heterocycles. The summed E-state index contributed by atoms with van der Waals surface area (Å²) >= 11 is 4.96.